The van der Waals surface area contributed by atoms with Crippen molar-refractivity contribution in [3.63, 3.8) is 0 Å². The van der Waals surface area contributed by atoms with Crippen LogP contribution in [0.5, 0.6) is 5.75 Å². The number of hydrogen-bond donors (Lipinski definition) is 2. The van der Waals surface area contributed by atoms with Crippen LogP contribution in [0, 0.1) is 0 Å². The van der Waals surface area contributed by atoms with Crippen molar-refractivity contribution in [1.82, 2.24) is 4.98 Å². The molecule has 0 atom stereocenters. The lowest BCUT2D eigenvalue weighted by atomic mass is 9.78. The van der Waals surface area contributed by atoms with Gasteiger partial charge >= 0.3 is 0 Å². The van der Waals surface area contributed by atoms with Gasteiger partial charge in [-0.15, -0.1) is 0 Å². The molecule has 2 N–H and O–H groups in total. The standard InChI is InChI=1S/C21H26Cl3NO2/c1-20(2,3)12-9-11(10-13(17(12)27)21(4,5)6)7-8-14(26)15-16(22)19(24)25-18(15)23/h9-10,25,27H,7-8H2,1-6H3. The highest BCUT2D eigenvalue weighted by molar-refractivity contribution is 6.46. The van der Waals surface area contributed by atoms with Crippen LogP contribution in [0.4, 0.5) is 0 Å². The zero-order chi connectivity index (χ0) is 20.7. The molecule has 148 valence electrons. The van der Waals surface area contributed by atoms with Gasteiger partial charge in [0.25, 0.3) is 0 Å². The number of rotatable bonds is 4. The van der Waals surface area contributed by atoms with Crippen LogP contribution >= 0.6 is 34.8 Å². The van der Waals surface area contributed by atoms with Crippen molar-refractivity contribution < 1.29 is 9.90 Å². The first kappa shape index (κ1) is 22.1. The first-order valence-corrected chi connectivity index (χ1v) is 9.99. The number of aryl methyl sites for hydroxylation is 1. The molecular formula is C21H26Cl3NO2. The molecule has 0 aliphatic heterocycles. The summed E-state index contributed by atoms with van der Waals surface area (Å²) in [7, 11) is 0. The molecule has 0 unspecified atom stereocenters. The maximum absolute atomic E-state index is 12.6. The average Bonchev–Trinajstić information content (AvgIpc) is 2.76. The second-order valence-electron chi connectivity index (χ2n) is 8.90. The van der Waals surface area contributed by atoms with Crippen molar-refractivity contribution in [2.45, 2.75) is 65.2 Å². The van der Waals surface area contributed by atoms with Crippen LogP contribution < -0.4 is 0 Å². The first-order chi connectivity index (χ1) is 12.2. The van der Waals surface area contributed by atoms with E-state index in [1.54, 1.807) is 0 Å². The van der Waals surface area contributed by atoms with Gasteiger partial charge in [0.2, 0.25) is 0 Å². The van der Waals surface area contributed by atoms with Gasteiger partial charge in [-0.05, 0) is 33.9 Å². The minimum absolute atomic E-state index is 0.156. The number of phenols is 1. The molecule has 0 amide bonds. The number of aromatic hydroxyl groups is 1. The van der Waals surface area contributed by atoms with Crippen LogP contribution in [0.3, 0.4) is 0 Å². The first-order valence-electron chi connectivity index (χ1n) is 8.86. The molecule has 1 aromatic heterocycles. The van der Waals surface area contributed by atoms with E-state index in [2.05, 4.69) is 46.5 Å². The highest BCUT2D eigenvalue weighted by Crippen LogP contribution is 2.40. The Hall–Kier alpha value is -1.16. The van der Waals surface area contributed by atoms with E-state index < -0.39 is 0 Å². The normalized spacial score (nSPS) is 12.5. The number of Topliss-reactive ketones (excluding diaryl/α,β-unsaturated/α-hetero) is 1. The van der Waals surface area contributed by atoms with Gasteiger partial charge in [0.1, 0.15) is 16.1 Å². The molecule has 0 radical (unpaired) electrons. The van der Waals surface area contributed by atoms with E-state index in [1.807, 2.05) is 12.1 Å². The molecule has 2 rings (SSSR count). The molecule has 2 aromatic rings. The van der Waals surface area contributed by atoms with Crippen molar-refractivity contribution >= 4 is 40.6 Å². The van der Waals surface area contributed by atoms with Gasteiger partial charge in [-0.2, -0.15) is 0 Å². The van der Waals surface area contributed by atoms with E-state index in [9.17, 15) is 9.90 Å². The lowest BCUT2D eigenvalue weighted by Crippen LogP contribution is -2.18. The molecule has 0 aliphatic carbocycles. The zero-order valence-corrected chi connectivity index (χ0v) is 18.8. The largest absolute Gasteiger partial charge is 0.507 e. The molecule has 27 heavy (non-hydrogen) atoms. The Labute approximate surface area is 176 Å². The third-order valence-electron chi connectivity index (χ3n) is 4.56. The Bertz CT molecular complexity index is 836. The minimum atomic E-state index is -0.217. The summed E-state index contributed by atoms with van der Waals surface area (Å²) in [5.41, 5.74) is 2.53. The Kier molecular flexibility index (Phi) is 6.31. The van der Waals surface area contributed by atoms with Crippen molar-refractivity contribution in [3.8, 4) is 5.75 Å². The van der Waals surface area contributed by atoms with E-state index in [-0.39, 0.29) is 43.9 Å². The van der Waals surface area contributed by atoms with Crippen LogP contribution in [0.25, 0.3) is 0 Å². The molecule has 0 saturated carbocycles. The highest BCUT2D eigenvalue weighted by atomic mass is 35.5. The predicted molar refractivity (Wildman–Crippen MR) is 114 cm³/mol. The highest BCUT2D eigenvalue weighted by Gasteiger charge is 2.27. The van der Waals surface area contributed by atoms with Crippen LogP contribution in [-0.4, -0.2) is 15.9 Å². The number of aromatic amines is 1. The zero-order valence-electron chi connectivity index (χ0n) is 16.6. The van der Waals surface area contributed by atoms with Gasteiger partial charge in [0.05, 0.1) is 10.6 Å². The molecule has 3 nitrogen and oxygen atoms in total. The van der Waals surface area contributed by atoms with Crippen LogP contribution in [0.1, 0.15) is 75.0 Å². The third kappa shape index (κ3) is 4.82. The second kappa shape index (κ2) is 7.69. The van der Waals surface area contributed by atoms with Crippen molar-refractivity contribution in [2.75, 3.05) is 0 Å². The monoisotopic (exact) mass is 429 g/mol. The average molecular weight is 431 g/mol. The maximum Gasteiger partial charge on any atom is 0.167 e. The number of hydrogen-bond acceptors (Lipinski definition) is 2. The number of aromatic nitrogens is 1. The fraction of sp³-hybridized carbons (Fsp3) is 0.476. The van der Waals surface area contributed by atoms with Gasteiger partial charge in [0, 0.05) is 6.42 Å². The summed E-state index contributed by atoms with van der Waals surface area (Å²) in [6.45, 7) is 12.4. The topological polar surface area (TPSA) is 53.1 Å². The van der Waals surface area contributed by atoms with Gasteiger partial charge < -0.3 is 10.1 Å². The third-order valence-corrected chi connectivity index (χ3v) is 5.60. The number of carbonyl (C=O) groups excluding carboxylic acids is 1. The summed E-state index contributed by atoms with van der Waals surface area (Å²) in [6, 6.07) is 3.95. The quantitative estimate of drug-likeness (QED) is 0.509. The molecule has 0 aliphatic rings. The lowest BCUT2D eigenvalue weighted by molar-refractivity contribution is 0.0983. The number of benzene rings is 1. The lowest BCUT2D eigenvalue weighted by Gasteiger charge is -2.28. The van der Waals surface area contributed by atoms with Crippen molar-refractivity contribution in [3.05, 3.63) is 49.7 Å². The van der Waals surface area contributed by atoms with Crippen LogP contribution in [0.2, 0.25) is 15.3 Å². The van der Waals surface area contributed by atoms with E-state index >= 15 is 0 Å². The van der Waals surface area contributed by atoms with E-state index in [0.29, 0.717) is 12.2 Å². The van der Waals surface area contributed by atoms with Crippen molar-refractivity contribution in [2.24, 2.45) is 0 Å². The molecular weight excluding hydrogens is 405 g/mol. The van der Waals surface area contributed by atoms with E-state index in [0.717, 1.165) is 16.7 Å². The summed E-state index contributed by atoms with van der Waals surface area (Å²) in [4.78, 5) is 15.3. The van der Waals surface area contributed by atoms with Gasteiger partial charge in [-0.25, -0.2) is 0 Å². The number of halogens is 3. The predicted octanol–water partition coefficient (Wildman–Crippen LogP) is 7.09. The van der Waals surface area contributed by atoms with Gasteiger partial charge in [0.15, 0.2) is 5.78 Å². The second-order valence-corrected chi connectivity index (χ2v) is 10.0. The summed E-state index contributed by atoms with van der Waals surface area (Å²) in [6.07, 6.45) is 0.756. The summed E-state index contributed by atoms with van der Waals surface area (Å²) in [5.74, 6) is 0.157. The SMILES string of the molecule is CC(C)(C)c1cc(CCC(=O)c2c(Cl)[nH]c(Cl)c2Cl)cc(C(C)(C)C)c1O. The fourth-order valence-corrected chi connectivity index (χ4v) is 3.86. The fourth-order valence-electron chi connectivity index (χ4n) is 3.03. The molecule has 1 heterocycles. The molecule has 0 fully saturated rings. The number of carbonyl (C=O) groups is 1. The number of ketones is 1. The number of H-pyrrole nitrogens is 1. The summed E-state index contributed by atoms with van der Waals surface area (Å²) >= 11 is 18.0. The Morgan fingerprint density at radius 3 is 1.81 bits per heavy atom. The minimum Gasteiger partial charge on any atom is -0.507 e. The van der Waals surface area contributed by atoms with E-state index in [1.165, 1.54) is 0 Å². The Morgan fingerprint density at radius 2 is 1.44 bits per heavy atom. The molecule has 1 aromatic carbocycles. The Balaban J connectivity index is 2.37. The summed E-state index contributed by atoms with van der Waals surface area (Å²) in [5, 5.41) is 11.3. The van der Waals surface area contributed by atoms with Crippen LogP contribution in [-0.2, 0) is 17.3 Å². The number of phenolic OH excluding ortho intramolecular Hbond substituents is 1. The molecule has 0 bridgehead atoms. The maximum atomic E-state index is 12.6. The Morgan fingerprint density at radius 1 is 0.963 bits per heavy atom. The summed E-state index contributed by atoms with van der Waals surface area (Å²) < 4.78 is 0. The van der Waals surface area contributed by atoms with Gasteiger partial charge in [-0.3, -0.25) is 4.79 Å². The molecule has 6 heteroatoms. The smallest absolute Gasteiger partial charge is 0.167 e. The molecule has 0 spiro atoms. The number of nitrogens with one attached hydrogen (secondary N) is 1. The molecule has 0 saturated heterocycles. The van der Waals surface area contributed by atoms with Crippen molar-refractivity contribution in [1.29, 1.82) is 0 Å². The van der Waals surface area contributed by atoms with Gasteiger partial charge in [-0.1, -0.05) is 88.5 Å². The van der Waals surface area contributed by atoms with Crippen LogP contribution in [0.15, 0.2) is 12.1 Å². The van der Waals surface area contributed by atoms with E-state index in [4.69, 9.17) is 34.8 Å².